The minimum atomic E-state index is -0.593. The largest absolute Gasteiger partial charge is 1.00 e. The van der Waals surface area contributed by atoms with Crippen LogP contribution in [0.15, 0.2) is 0 Å². The van der Waals surface area contributed by atoms with Crippen LogP contribution in [0.5, 0.6) is 0 Å². The maximum atomic E-state index is 10.6. The maximum Gasteiger partial charge on any atom is 1.00 e. The Morgan fingerprint density at radius 3 is 1.31 bits per heavy atom. The van der Waals surface area contributed by atoms with Crippen molar-refractivity contribution >= 4 is 47.2 Å². The molecule has 0 aliphatic heterocycles. The third kappa shape index (κ3) is 36.0. The third-order valence-electron chi connectivity index (χ3n) is 0.664. The molecule has 0 atom stereocenters. The summed E-state index contributed by atoms with van der Waals surface area (Å²) in [5.41, 5.74) is 0. The molecular formula is C8H14Na2O3S3. The molecule has 0 aromatic heterocycles. The van der Waals surface area contributed by atoms with E-state index in [4.69, 9.17) is 9.47 Å². The van der Waals surface area contributed by atoms with Crippen molar-refractivity contribution in [3.8, 4) is 0 Å². The molecule has 0 N–H and O–H groups in total. The second-order valence-electron chi connectivity index (χ2n) is 2.83. The van der Waals surface area contributed by atoms with Gasteiger partial charge >= 0.3 is 65.3 Å². The zero-order valence-electron chi connectivity index (χ0n) is 10.6. The summed E-state index contributed by atoms with van der Waals surface area (Å²) in [6.45, 7) is 7.12. The van der Waals surface area contributed by atoms with Gasteiger partial charge in [-0.2, -0.15) is 0 Å². The average Bonchev–Trinajstić information content (AvgIpc) is 1.79. The summed E-state index contributed by atoms with van der Waals surface area (Å²) < 4.78 is 9.57. The SMILES string of the molecule is CC(C)OC(=O)OC(C)C.S=C([S-])[S-].[Na+].[Na+]. The van der Waals surface area contributed by atoms with Crippen molar-refractivity contribution in [2.75, 3.05) is 0 Å². The van der Waals surface area contributed by atoms with E-state index >= 15 is 0 Å². The van der Waals surface area contributed by atoms with Crippen molar-refractivity contribution < 1.29 is 73.4 Å². The van der Waals surface area contributed by atoms with Crippen molar-refractivity contribution in [2.45, 2.75) is 39.9 Å². The fraction of sp³-hybridized carbons (Fsp3) is 0.750. The molecule has 0 saturated heterocycles. The molecule has 0 aliphatic carbocycles. The second-order valence-corrected chi connectivity index (χ2v) is 4.83. The molecular weight excluding hydrogens is 286 g/mol. The zero-order valence-corrected chi connectivity index (χ0v) is 17.1. The molecule has 0 aromatic rings. The Hall–Kier alpha value is 1.80. The Balaban J connectivity index is -0.000000105. The van der Waals surface area contributed by atoms with Crippen LogP contribution in [0, 0.1) is 0 Å². The van der Waals surface area contributed by atoms with Gasteiger partial charge in [-0.15, -0.1) is 0 Å². The van der Waals surface area contributed by atoms with Crippen LogP contribution in [-0.4, -0.2) is 21.9 Å². The second kappa shape index (κ2) is 16.8. The molecule has 0 aromatic carbocycles. The summed E-state index contributed by atoms with van der Waals surface area (Å²) in [6, 6.07) is 0. The zero-order chi connectivity index (χ0) is 11.7. The maximum absolute atomic E-state index is 10.6. The van der Waals surface area contributed by atoms with Crippen LogP contribution in [0.1, 0.15) is 27.7 Å². The van der Waals surface area contributed by atoms with E-state index in [0.717, 1.165) is 0 Å². The number of hydrogen-bond acceptors (Lipinski definition) is 6. The van der Waals surface area contributed by atoms with Crippen LogP contribution in [0.4, 0.5) is 4.79 Å². The van der Waals surface area contributed by atoms with Gasteiger partial charge in [0.1, 0.15) is 0 Å². The first-order valence-corrected chi connectivity index (χ1v) is 5.23. The minimum absolute atomic E-state index is 0. The molecule has 0 saturated carbocycles. The van der Waals surface area contributed by atoms with Gasteiger partial charge in [-0.25, -0.2) is 4.79 Å². The Morgan fingerprint density at radius 2 is 1.19 bits per heavy atom. The Kier molecular flexibility index (Phi) is 27.7. The summed E-state index contributed by atoms with van der Waals surface area (Å²) in [4.78, 5) is 10.6. The van der Waals surface area contributed by atoms with Gasteiger partial charge in [-0.3, -0.25) is 3.53 Å². The fourth-order valence-corrected chi connectivity index (χ4v) is 0.413. The molecule has 8 heteroatoms. The van der Waals surface area contributed by atoms with Gasteiger partial charge in [0, 0.05) is 0 Å². The summed E-state index contributed by atoms with van der Waals surface area (Å²) in [7, 11) is 0. The van der Waals surface area contributed by atoms with Gasteiger partial charge in [0.15, 0.2) is 0 Å². The van der Waals surface area contributed by atoms with Gasteiger partial charge in [-0.05, 0) is 27.7 Å². The van der Waals surface area contributed by atoms with E-state index in [1.165, 1.54) is 0 Å². The standard InChI is InChI=1S/C7H14O3.CH2S3.2Na/c1-5(2)9-7(8)10-6(3)4;2-1(3)4;;/h5-6H,1-4H3;(H2,2,3,4);;/q;;2*+1/p-2. The third-order valence-corrected chi connectivity index (χ3v) is 0.664. The topological polar surface area (TPSA) is 35.5 Å². The summed E-state index contributed by atoms with van der Waals surface area (Å²) in [5, 5.41) is 0. The van der Waals surface area contributed by atoms with Crippen molar-refractivity contribution in [3.05, 3.63) is 0 Å². The number of thiocarbonyl (C=S) groups is 1. The van der Waals surface area contributed by atoms with E-state index in [-0.39, 0.29) is 74.9 Å². The van der Waals surface area contributed by atoms with Crippen molar-refractivity contribution in [1.82, 2.24) is 0 Å². The molecule has 0 spiro atoms. The van der Waals surface area contributed by atoms with Crippen molar-refractivity contribution in [3.63, 3.8) is 0 Å². The molecule has 0 unspecified atom stereocenters. The minimum Gasteiger partial charge on any atom is -0.570 e. The average molecular weight is 300 g/mol. The molecule has 0 heterocycles. The monoisotopic (exact) mass is 300 g/mol. The first-order valence-electron chi connectivity index (χ1n) is 4.01. The number of carbonyl (C=O) groups is 1. The molecule has 0 aliphatic rings. The summed E-state index contributed by atoms with van der Waals surface area (Å²) in [6.07, 6.45) is -0.803. The van der Waals surface area contributed by atoms with Crippen LogP contribution in [0.2, 0.25) is 0 Å². The van der Waals surface area contributed by atoms with Gasteiger partial charge in [0.2, 0.25) is 0 Å². The molecule has 0 bridgehead atoms. The van der Waals surface area contributed by atoms with E-state index in [1.54, 1.807) is 27.7 Å². The number of carbonyl (C=O) groups excluding carboxylic acids is 1. The molecule has 84 valence electrons. The van der Waals surface area contributed by atoms with E-state index < -0.39 is 6.16 Å². The van der Waals surface area contributed by atoms with E-state index in [1.807, 2.05) is 0 Å². The molecule has 16 heavy (non-hydrogen) atoms. The van der Waals surface area contributed by atoms with Gasteiger partial charge in [0.25, 0.3) is 0 Å². The summed E-state index contributed by atoms with van der Waals surface area (Å²) in [5.74, 6) is 0. The van der Waals surface area contributed by atoms with Crippen molar-refractivity contribution in [1.29, 1.82) is 0 Å². The quantitative estimate of drug-likeness (QED) is 0.226. The number of ether oxygens (including phenoxy) is 2. The van der Waals surface area contributed by atoms with Crippen LogP contribution in [0.25, 0.3) is 0 Å². The van der Waals surface area contributed by atoms with Crippen LogP contribution >= 0.6 is 12.2 Å². The molecule has 0 rings (SSSR count). The normalized spacial score (nSPS) is 7.88. The first-order chi connectivity index (χ1) is 6.25. The first kappa shape index (κ1) is 26.4. The Labute approximate surface area is 158 Å². The van der Waals surface area contributed by atoms with E-state index in [2.05, 4.69) is 37.5 Å². The van der Waals surface area contributed by atoms with E-state index in [9.17, 15) is 4.79 Å². The van der Waals surface area contributed by atoms with Crippen molar-refractivity contribution in [2.24, 2.45) is 0 Å². The Morgan fingerprint density at radius 1 is 1.00 bits per heavy atom. The Bertz CT molecular complexity index is 173. The van der Waals surface area contributed by atoms with Crippen LogP contribution in [-0.2, 0) is 34.7 Å². The van der Waals surface area contributed by atoms with Crippen LogP contribution in [0.3, 0.4) is 0 Å². The summed E-state index contributed by atoms with van der Waals surface area (Å²) >= 11 is 12.5. The number of hydrogen-bond donors (Lipinski definition) is 0. The predicted octanol–water partition coefficient (Wildman–Crippen LogP) is -3.67. The molecule has 0 amide bonds. The predicted molar refractivity (Wildman–Crippen MR) is 65.2 cm³/mol. The molecule has 3 nitrogen and oxygen atoms in total. The fourth-order valence-electron chi connectivity index (χ4n) is 0.413. The number of rotatable bonds is 2. The molecule has 0 radical (unpaired) electrons. The van der Waals surface area contributed by atoms with Gasteiger partial charge in [0.05, 0.1) is 12.2 Å². The van der Waals surface area contributed by atoms with Crippen LogP contribution < -0.4 is 59.1 Å². The smallest absolute Gasteiger partial charge is 0.570 e. The van der Waals surface area contributed by atoms with Gasteiger partial charge in [-0.1, -0.05) is 0 Å². The van der Waals surface area contributed by atoms with Gasteiger partial charge < -0.3 is 46.9 Å². The molecule has 0 fully saturated rings. The van der Waals surface area contributed by atoms with E-state index in [0.29, 0.717) is 0 Å².